The number of halogens is 4. The summed E-state index contributed by atoms with van der Waals surface area (Å²) in [5, 5.41) is 10.4. The van der Waals surface area contributed by atoms with E-state index in [1.165, 1.54) is 6.07 Å². The Hall–Kier alpha value is -1.96. The van der Waals surface area contributed by atoms with Gasteiger partial charge in [0.05, 0.1) is 12.1 Å². The van der Waals surface area contributed by atoms with Crippen molar-refractivity contribution in [2.45, 2.75) is 26.1 Å². The van der Waals surface area contributed by atoms with E-state index in [9.17, 15) is 17.6 Å². The smallest absolute Gasteiger partial charge is 0.419 e. The first-order valence-electron chi connectivity index (χ1n) is 6.32. The molecule has 0 saturated carbocycles. The summed E-state index contributed by atoms with van der Waals surface area (Å²) in [6.45, 7) is 3.07. The second-order valence-electron chi connectivity index (χ2n) is 4.37. The third kappa shape index (κ3) is 3.78. The van der Waals surface area contributed by atoms with Gasteiger partial charge < -0.3 is 9.73 Å². The molecule has 1 aromatic carbocycles. The summed E-state index contributed by atoms with van der Waals surface area (Å²) >= 11 is 0. The molecule has 1 aromatic heterocycles. The molecule has 21 heavy (non-hydrogen) atoms. The van der Waals surface area contributed by atoms with Crippen molar-refractivity contribution in [3.63, 3.8) is 0 Å². The predicted octanol–water partition coefficient (Wildman–Crippen LogP) is 3.39. The summed E-state index contributed by atoms with van der Waals surface area (Å²) < 4.78 is 56.4. The summed E-state index contributed by atoms with van der Waals surface area (Å²) in [4.78, 5) is 0. The molecule has 114 valence electrons. The maximum Gasteiger partial charge on any atom is 0.419 e. The minimum absolute atomic E-state index is 0.0259. The number of benzene rings is 1. The average molecular weight is 303 g/mol. The highest BCUT2D eigenvalue weighted by Crippen LogP contribution is 2.33. The van der Waals surface area contributed by atoms with Crippen LogP contribution in [0.4, 0.5) is 17.6 Å². The van der Waals surface area contributed by atoms with Crippen LogP contribution in [0.2, 0.25) is 0 Å². The van der Waals surface area contributed by atoms with Crippen molar-refractivity contribution in [2.24, 2.45) is 0 Å². The van der Waals surface area contributed by atoms with E-state index in [1.807, 2.05) is 6.92 Å². The Kier molecular flexibility index (Phi) is 4.56. The summed E-state index contributed by atoms with van der Waals surface area (Å²) in [5.41, 5.74) is -1.33. The largest absolute Gasteiger partial charge is 0.419 e. The molecule has 0 unspecified atom stereocenters. The number of nitrogens with one attached hydrogen (secondary N) is 1. The second kappa shape index (κ2) is 6.21. The van der Waals surface area contributed by atoms with E-state index in [0.29, 0.717) is 12.6 Å². The molecule has 0 aliphatic heterocycles. The van der Waals surface area contributed by atoms with Crippen LogP contribution in [-0.2, 0) is 12.7 Å². The first kappa shape index (κ1) is 15.4. The number of rotatable bonds is 5. The summed E-state index contributed by atoms with van der Waals surface area (Å²) in [6, 6.07) is 2.56. The molecule has 0 bridgehead atoms. The molecule has 8 heteroatoms. The number of hydrogen-bond acceptors (Lipinski definition) is 4. The molecule has 0 radical (unpaired) electrons. The molecule has 0 saturated heterocycles. The molecular formula is C13H13F4N3O. The lowest BCUT2D eigenvalue weighted by Crippen LogP contribution is -2.13. The number of nitrogens with zero attached hydrogens (tertiary/aromatic N) is 2. The van der Waals surface area contributed by atoms with Crippen LogP contribution in [0.15, 0.2) is 22.6 Å². The van der Waals surface area contributed by atoms with Crippen molar-refractivity contribution in [1.82, 2.24) is 15.5 Å². The predicted molar refractivity (Wildman–Crippen MR) is 66.7 cm³/mol. The topological polar surface area (TPSA) is 51.0 Å². The van der Waals surface area contributed by atoms with Crippen molar-refractivity contribution in [3.8, 4) is 11.5 Å². The lowest BCUT2D eigenvalue weighted by atomic mass is 10.1. The Morgan fingerprint density at radius 1 is 1.24 bits per heavy atom. The molecule has 0 fully saturated rings. The lowest BCUT2D eigenvalue weighted by molar-refractivity contribution is -0.139. The normalized spacial score (nSPS) is 11.9. The van der Waals surface area contributed by atoms with E-state index in [-0.39, 0.29) is 17.3 Å². The third-order valence-electron chi connectivity index (χ3n) is 2.69. The molecular weight excluding hydrogens is 290 g/mol. The van der Waals surface area contributed by atoms with Crippen molar-refractivity contribution < 1.29 is 22.0 Å². The fourth-order valence-corrected chi connectivity index (χ4v) is 1.69. The summed E-state index contributed by atoms with van der Waals surface area (Å²) in [5.74, 6) is -1.15. The van der Waals surface area contributed by atoms with Gasteiger partial charge in [0.1, 0.15) is 5.82 Å². The molecule has 0 amide bonds. The number of alkyl halides is 3. The van der Waals surface area contributed by atoms with Gasteiger partial charge in [-0.05, 0) is 31.2 Å². The van der Waals surface area contributed by atoms with Crippen LogP contribution in [0.5, 0.6) is 0 Å². The zero-order valence-electron chi connectivity index (χ0n) is 11.2. The Bertz CT molecular complexity index is 610. The van der Waals surface area contributed by atoms with Crippen molar-refractivity contribution in [1.29, 1.82) is 0 Å². The molecule has 1 heterocycles. The Labute approximate surface area is 118 Å². The van der Waals surface area contributed by atoms with Crippen LogP contribution in [0.1, 0.15) is 24.8 Å². The molecule has 2 rings (SSSR count). The maximum atomic E-state index is 13.2. The van der Waals surface area contributed by atoms with Crippen molar-refractivity contribution in [3.05, 3.63) is 35.5 Å². The van der Waals surface area contributed by atoms with E-state index >= 15 is 0 Å². The monoisotopic (exact) mass is 303 g/mol. The van der Waals surface area contributed by atoms with Gasteiger partial charge in [0.2, 0.25) is 11.8 Å². The first-order chi connectivity index (χ1) is 9.91. The quantitative estimate of drug-likeness (QED) is 0.679. The minimum Gasteiger partial charge on any atom is -0.419 e. The van der Waals surface area contributed by atoms with Crippen LogP contribution in [0.25, 0.3) is 11.5 Å². The van der Waals surface area contributed by atoms with Gasteiger partial charge in [0.15, 0.2) is 0 Å². The van der Waals surface area contributed by atoms with Gasteiger partial charge in [-0.3, -0.25) is 0 Å². The van der Waals surface area contributed by atoms with Crippen LogP contribution >= 0.6 is 0 Å². The Balaban J connectivity index is 2.22. The first-order valence-corrected chi connectivity index (χ1v) is 6.32. The van der Waals surface area contributed by atoms with E-state index < -0.39 is 17.6 Å². The van der Waals surface area contributed by atoms with Crippen LogP contribution in [0.3, 0.4) is 0 Å². The van der Waals surface area contributed by atoms with Gasteiger partial charge in [-0.15, -0.1) is 10.2 Å². The molecule has 0 atom stereocenters. The molecule has 0 spiro atoms. The lowest BCUT2D eigenvalue weighted by Gasteiger charge is -2.08. The van der Waals surface area contributed by atoms with Gasteiger partial charge in [0.25, 0.3) is 0 Å². The summed E-state index contributed by atoms with van der Waals surface area (Å²) in [7, 11) is 0. The zero-order chi connectivity index (χ0) is 15.5. The van der Waals surface area contributed by atoms with Crippen LogP contribution < -0.4 is 5.32 Å². The maximum absolute atomic E-state index is 13.2. The average Bonchev–Trinajstić information content (AvgIpc) is 2.87. The fraction of sp³-hybridized carbons (Fsp3) is 0.385. The highest BCUT2D eigenvalue weighted by molar-refractivity contribution is 5.54. The molecule has 0 aliphatic carbocycles. The fourth-order valence-electron chi connectivity index (χ4n) is 1.69. The molecule has 0 aliphatic rings. The van der Waals surface area contributed by atoms with Gasteiger partial charge in [-0.1, -0.05) is 6.92 Å². The SMILES string of the molecule is CCCNCc1nnc(-c2ccc(F)c(C(F)(F)F)c2)o1. The van der Waals surface area contributed by atoms with E-state index in [1.54, 1.807) is 0 Å². The third-order valence-corrected chi connectivity index (χ3v) is 2.69. The second-order valence-corrected chi connectivity index (χ2v) is 4.37. The highest BCUT2D eigenvalue weighted by Gasteiger charge is 2.34. The standard InChI is InChI=1S/C13H13F4N3O/c1-2-5-18-7-11-19-20-12(21-11)8-3-4-10(14)9(6-8)13(15,16)17/h3-4,6,18H,2,5,7H2,1H3. The van der Waals surface area contributed by atoms with E-state index in [2.05, 4.69) is 15.5 Å². The molecule has 1 N–H and O–H groups in total. The van der Waals surface area contributed by atoms with Crippen molar-refractivity contribution >= 4 is 0 Å². The van der Waals surface area contributed by atoms with E-state index in [4.69, 9.17) is 4.42 Å². The minimum atomic E-state index is -4.77. The highest BCUT2D eigenvalue weighted by atomic mass is 19.4. The molecule has 4 nitrogen and oxygen atoms in total. The molecule has 2 aromatic rings. The zero-order valence-corrected chi connectivity index (χ0v) is 11.2. The van der Waals surface area contributed by atoms with Crippen LogP contribution in [-0.4, -0.2) is 16.7 Å². The van der Waals surface area contributed by atoms with Gasteiger partial charge in [-0.2, -0.15) is 13.2 Å². The Morgan fingerprint density at radius 3 is 2.67 bits per heavy atom. The number of aromatic nitrogens is 2. The van der Waals surface area contributed by atoms with E-state index in [0.717, 1.165) is 19.0 Å². The van der Waals surface area contributed by atoms with Gasteiger partial charge in [0, 0.05) is 5.56 Å². The summed E-state index contributed by atoms with van der Waals surface area (Å²) in [6.07, 6.45) is -3.85. The van der Waals surface area contributed by atoms with Gasteiger partial charge in [-0.25, -0.2) is 4.39 Å². The number of hydrogen-bond donors (Lipinski definition) is 1. The van der Waals surface area contributed by atoms with Gasteiger partial charge >= 0.3 is 6.18 Å². The Morgan fingerprint density at radius 2 is 2.00 bits per heavy atom. The van der Waals surface area contributed by atoms with Crippen molar-refractivity contribution in [2.75, 3.05) is 6.54 Å². The van der Waals surface area contributed by atoms with Crippen LogP contribution in [0, 0.1) is 5.82 Å².